The SMILES string of the molecule is CCCCCCCCCCCCCCOC(=O)C(C)=CO.O=P(O)(O)O. The average Bonchev–Trinajstić information content (AvgIpc) is 2.56. The maximum atomic E-state index is 11.2. The van der Waals surface area contributed by atoms with Crippen LogP contribution < -0.4 is 0 Å². The molecule has 0 rings (SSSR count). The van der Waals surface area contributed by atoms with Gasteiger partial charge < -0.3 is 24.5 Å². The molecule has 0 aromatic rings. The van der Waals surface area contributed by atoms with Gasteiger partial charge in [-0.15, -0.1) is 0 Å². The van der Waals surface area contributed by atoms with E-state index < -0.39 is 13.8 Å². The third-order valence-electron chi connectivity index (χ3n) is 3.75. The molecule has 26 heavy (non-hydrogen) atoms. The number of carbonyl (C=O) groups excluding carboxylic acids is 1. The Labute approximate surface area is 157 Å². The van der Waals surface area contributed by atoms with Crippen LogP contribution >= 0.6 is 7.82 Å². The molecule has 0 bridgehead atoms. The zero-order chi connectivity index (χ0) is 20.3. The van der Waals surface area contributed by atoms with Crippen LogP contribution in [0.2, 0.25) is 0 Å². The van der Waals surface area contributed by atoms with E-state index in [-0.39, 0.29) is 5.57 Å². The molecule has 7 nitrogen and oxygen atoms in total. The number of unbranched alkanes of at least 4 members (excludes halogenated alkanes) is 11. The molecule has 0 aliphatic rings. The molecule has 8 heteroatoms. The lowest BCUT2D eigenvalue weighted by atomic mass is 10.1. The van der Waals surface area contributed by atoms with Gasteiger partial charge in [-0.1, -0.05) is 77.6 Å². The fourth-order valence-corrected chi connectivity index (χ4v) is 2.27. The summed E-state index contributed by atoms with van der Waals surface area (Å²) in [5, 5.41) is 8.65. The van der Waals surface area contributed by atoms with Crippen LogP contribution in [0.4, 0.5) is 0 Å². The van der Waals surface area contributed by atoms with Gasteiger partial charge in [0.05, 0.1) is 18.4 Å². The van der Waals surface area contributed by atoms with Crippen LogP contribution in [0.3, 0.4) is 0 Å². The average molecular weight is 396 g/mol. The lowest BCUT2D eigenvalue weighted by Crippen LogP contribution is -2.07. The zero-order valence-electron chi connectivity index (χ0n) is 16.2. The van der Waals surface area contributed by atoms with Crippen molar-refractivity contribution >= 4 is 13.8 Å². The second kappa shape index (κ2) is 18.9. The Morgan fingerprint density at radius 3 is 1.54 bits per heavy atom. The van der Waals surface area contributed by atoms with Gasteiger partial charge in [0.25, 0.3) is 0 Å². The van der Waals surface area contributed by atoms with Crippen molar-refractivity contribution in [2.24, 2.45) is 0 Å². The van der Waals surface area contributed by atoms with Gasteiger partial charge in [0.15, 0.2) is 0 Å². The molecule has 0 aromatic carbocycles. The maximum Gasteiger partial charge on any atom is 0.466 e. The van der Waals surface area contributed by atoms with Crippen LogP contribution in [-0.2, 0) is 14.1 Å². The highest BCUT2D eigenvalue weighted by molar-refractivity contribution is 7.45. The second-order valence-corrected chi connectivity index (χ2v) is 7.38. The van der Waals surface area contributed by atoms with Crippen molar-refractivity contribution in [1.29, 1.82) is 0 Å². The molecule has 0 aliphatic carbocycles. The van der Waals surface area contributed by atoms with Crippen molar-refractivity contribution in [3.63, 3.8) is 0 Å². The molecule has 0 aliphatic heterocycles. The molecule has 0 fully saturated rings. The molecular weight excluding hydrogens is 359 g/mol. The summed E-state index contributed by atoms with van der Waals surface area (Å²) >= 11 is 0. The quantitative estimate of drug-likeness (QED) is 0.110. The van der Waals surface area contributed by atoms with Crippen LogP contribution in [0.25, 0.3) is 0 Å². The van der Waals surface area contributed by atoms with Gasteiger partial charge in [-0.25, -0.2) is 9.36 Å². The molecular formula is C18H37O7P. The van der Waals surface area contributed by atoms with Crippen LogP contribution in [0.1, 0.15) is 90.9 Å². The first-order chi connectivity index (χ1) is 12.2. The van der Waals surface area contributed by atoms with Gasteiger partial charge in [-0.2, -0.15) is 0 Å². The van der Waals surface area contributed by atoms with E-state index in [1.165, 1.54) is 64.2 Å². The van der Waals surface area contributed by atoms with Gasteiger partial charge in [-0.3, -0.25) is 0 Å². The number of ether oxygens (including phenoxy) is 1. The third kappa shape index (κ3) is 27.9. The van der Waals surface area contributed by atoms with Crippen LogP contribution in [-0.4, -0.2) is 32.4 Å². The minimum atomic E-state index is -4.64. The minimum absolute atomic E-state index is 0.258. The maximum absolute atomic E-state index is 11.2. The summed E-state index contributed by atoms with van der Waals surface area (Å²) in [6, 6.07) is 0. The lowest BCUT2D eigenvalue weighted by molar-refractivity contribution is -0.139. The smallest absolute Gasteiger partial charge is 0.466 e. The molecule has 4 N–H and O–H groups in total. The van der Waals surface area contributed by atoms with Crippen LogP contribution in [0.15, 0.2) is 11.8 Å². The predicted octanol–water partition coefficient (Wildman–Crippen LogP) is 4.76. The van der Waals surface area contributed by atoms with Gasteiger partial charge >= 0.3 is 13.8 Å². The molecule has 0 atom stereocenters. The number of hydrogen-bond acceptors (Lipinski definition) is 4. The molecule has 0 amide bonds. The molecule has 0 saturated heterocycles. The molecule has 156 valence electrons. The van der Waals surface area contributed by atoms with Crippen LogP contribution in [0.5, 0.6) is 0 Å². The standard InChI is InChI=1S/C18H34O3.H3O4P/c1-3-4-5-6-7-8-9-10-11-12-13-14-15-21-18(20)17(2)16-19;1-5(2,3)4/h16,19H,3-15H2,1-2H3;(H3,1,2,3,4). The van der Waals surface area contributed by atoms with Gasteiger partial charge in [0, 0.05) is 0 Å². The molecule has 0 saturated carbocycles. The van der Waals surface area contributed by atoms with E-state index in [0.717, 1.165) is 19.1 Å². The molecule has 0 aromatic heterocycles. The highest BCUT2D eigenvalue weighted by Crippen LogP contribution is 2.25. The van der Waals surface area contributed by atoms with E-state index in [0.29, 0.717) is 6.61 Å². The highest BCUT2D eigenvalue weighted by atomic mass is 31.2. The first kappa shape index (κ1) is 27.3. The van der Waals surface area contributed by atoms with E-state index in [1.54, 1.807) is 6.92 Å². The van der Waals surface area contributed by atoms with Crippen molar-refractivity contribution in [3.05, 3.63) is 11.8 Å². The summed E-state index contributed by atoms with van der Waals surface area (Å²) in [5.74, 6) is -0.416. The Morgan fingerprint density at radius 1 is 0.846 bits per heavy atom. The Morgan fingerprint density at radius 2 is 1.19 bits per heavy atom. The number of rotatable bonds is 14. The fraction of sp³-hybridized carbons (Fsp3) is 0.833. The number of aliphatic hydroxyl groups excluding tert-OH is 1. The van der Waals surface area contributed by atoms with E-state index >= 15 is 0 Å². The largest absolute Gasteiger partial charge is 0.515 e. The van der Waals surface area contributed by atoms with Crippen molar-refractivity contribution in [2.45, 2.75) is 90.9 Å². The van der Waals surface area contributed by atoms with Gasteiger partial charge in [-0.05, 0) is 13.3 Å². The van der Waals surface area contributed by atoms with Gasteiger partial charge in [0.1, 0.15) is 0 Å². The van der Waals surface area contributed by atoms with E-state index in [9.17, 15) is 4.79 Å². The molecule has 0 radical (unpaired) electrons. The Bertz CT molecular complexity index is 396. The monoisotopic (exact) mass is 396 g/mol. The molecule has 0 heterocycles. The van der Waals surface area contributed by atoms with E-state index in [4.69, 9.17) is 29.1 Å². The minimum Gasteiger partial charge on any atom is -0.515 e. The Kier molecular flexibility index (Phi) is 19.9. The summed E-state index contributed by atoms with van der Waals surface area (Å²) < 4.78 is 13.9. The highest BCUT2D eigenvalue weighted by Gasteiger charge is 2.04. The van der Waals surface area contributed by atoms with Crippen molar-refractivity contribution in [1.82, 2.24) is 0 Å². The third-order valence-corrected chi connectivity index (χ3v) is 3.75. The summed E-state index contributed by atoms with van der Waals surface area (Å²) in [6.07, 6.45) is 16.3. The number of hydrogen-bond donors (Lipinski definition) is 4. The van der Waals surface area contributed by atoms with Crippen LogP contribution in [0, 0.1) is 0 Å². The zero-order valence-corrected chi connectivity index (χ0v) is 17.1. The van der Waals surface area contributed by atoms with Crippen molar-refractivity contribution < 1.29 is 33.9 Å². The predicted molar refractivity (Wildman–Crippen MR) is 103 cm³/mol. The first-order valence-corrected chi connectivity index (χ1v) is 11.0. The normalized spacial score (nSPS) is 11.7. The molecule has 0 unspecified atom stereocenters. The number of esters is 1. The molecule has 0 spiro atoms. The first-order valence-electron chi connectivity index (χ1n) is 9.48. The second-order valence-electron chi connectivity index (χ2n) is 6.35. The Balaban J connectivity index is 0. The Hall–Kier alpha value is -0.880. The van der Waals surface area contributed by atoms with E-state index in [2.05, 4.69) is 6.92 Å². The lowest BCUT2D eigenvalue weighted by Gasteiger charge is -2.04. The van der Waals surface area contributed by atoms with E-state index in [1.807, 2.05) is 0 Å². The topological polar surface area (TPSA) is 124 Å². The van der Waals surface area contributed by atoms with Crippen molar-refractivity contribution in [2.75, 3.05) is 6.61 Å². The number of phosphoric acid groups is 1. The number of carbonyl (C=O) groups is 1. The fourth-order valence-electron chi connectivity index (χ4n) is 2.27. The van der Waals surface area contributed by atoms with Crippen molar-refractivity contribution in [3.8, 4) is 0 Å². The summed E-state index contributed by atoms with van der Waals surface area (Å²) in [4.78, 5) is 32.8. The summed E-state index contributed by atoms with van der Waals surface area (Å²) in [7, 11) is -4.64. The number of aliphatic hydroxyl groups is 1. The van der Waals surface area contributed by atoms with Gasteiger partial charge in [0.2, 0.25) is 0 Å². The summed E-state index contributed by atoms with van der Waals surface area (Å²) in [6.45, 7) is 4.26. The summed E-state index contributed by atoms with van der Waals surface area (Å²) in [5.41, 5.74) is 0.258.